The predicted molar refractivity (Wildman–Crippen MR) is 79.4 cm³/mol. The zero-order chi connectivity index (χ0) is 15.5. The zero-order valence-corrected chi connectivity index (χ0v) is 12.1. The van der Waals surface area contributed by atoms with Crippen LogP contribution in [-0.4, -0.2) is 18.6 Å². The third-order valence-electron chi connectivity index (χ3n) is 3.80. The Bertz CT molecular complexity index is 655. The zero-order valence-electron chi connectivity index (χ0n) is 12.1. The van der Waals surface area contributed by atoms with E-state index in [4.69, 9.17) is 9.47 Å². The van der Waals surface area contributed by atoms with Crippen molar-refractivity contribution < 1.29 is 19.7 Å². The van der Waals surface area contributed by atoms with Gasteiger partial charge in [0.25, 0.3) is 5.69 Å². The first kappa shape index (κ1) is 14.5. The van der Waals surface area contributed by atoms with Crippen molar-refractivity contribution in [2.45, 2.75) is 12.3 Å². The van der Waals surface area contributed by atoms with Crippen molar-refractivity contribution in [3.05, 3.63) is 69.8 Å². The molecule has 3 rings (SSSR count). The van der Waals surface area contributed by atoms with Gasteiger partial charge in [-0.3, -0.25) is 10.1 Å². The number of ether oxygens (including phenoxy) is 2. The number of hydrogen-bond donors (Lipinski definition) is 1. The van der Waals surface area contributed by atoms with Gasteiger partial charge in [0.1, 0.15) is 18.4 Å². The van der Waals surface area contributed by atoms with Gasteiger partial charge in [0.2, 0.25) is 6.23 Å². The van der Waals surface area contributed by atoms with Crippen molar-refractivity contribution in [3.63, 3.8) is 0 Å². The summed E-state index contributed by atoms with van der Waals surface area (Å²) in [7, 11) is 1.64. The van der Waals surface area contributed by atoms with Gasteiger partial charge >= 0.3 is 0 Å². The van der Waals surface area contributed by atoms with E-state index < -0.39 is 4.92 Å². The van der Waals surface area contributed by atoms with E-state index in [0.29, 0.717) is 0 Å². The molecule has 2 N–H and O–H groups in total. The molecule has 22 heavy (non-hydrogen) atoms. The first-order valence-electron chi connectivity index (χ1n) is 7.04. The number of quaternary nitrogens is 1. The summed E-state index contributed by atoms with van der Waals surface area (Å²) in [6, 6.07) is 14.3. The third-order valence-corrected chi connectivity index (χ3v) is 3.80. The minimum absolute atomic E-state index is 0.0621. The molecule has 0 aromatic heterocycles. The van der Waals surface area contributed by atoms with E-state index in [1.165, 1.54) is 12.1 Å². The van der Waals surface area contributed by atoms with E-state index in [0.717, 1.165) is 23.4 Å². The third kappa shape index (κ3) is 2.93. The van der Waals surface area contributed by atoms with E-state index in [9.17, 15) is 10.1 Å². The summed E-state index contributed by atoms with van der Waals surface area (Å²) < 4.78 is 11.2. The molecule has 1 saturated heterocycles. The highest BCUT2D eigenvalue weighted by Crippen LogP contribution is 2.28. The number of nitro groups is 1. The molecule has 1 heterocycles. The number of rotatable bonds is 4. The van der Waals surface area contributed by atoms with Crippen LogP contribution in [0.2, 0.25) is 0 Å². The molecule has 0 aliphatic carbocycles. The molecule has 6 heteroatoms. The summed E-state index contributed by atoms with van der Waals surface area (Å²) in [5.74, 6) is 0.814. The van der Waals surface area contributed by atoms with Crippen LogP contribution in [0.5, 0.6) is 5.75 Å². The average Bonchev–Trinajstić information content (AvgIpc) is 3.05. The van der Waals surface area contributed by atoms with E-state index in [1.54, 1.807) is 19.2 Å². The van der Waals surface area contributed by atoms with E-state index in [2.05, 4.69) is 5.32 Å². The molecule has 0 bridgehead atoms. The van der Waals surface area contributed by atoms with Gasteiger partial charge < -0.3 is 14.8 Å². The number of nitrogens with two attached hydrogens (primary N) is 1. The molecule has 1 fully saturated rings. The quantitative estimate of drug-likeness (QED) is 0.691. The summed E-state index contributed by atoms with van der Waals surface area (Å²) >= 11 is 0. The molecule has 6 nitrogen and oxygen atoms in total. The van der Waals surface area contributed by atoms with Gasteiger partial charge in [-0.2, -0.15) is 0 Å². The molecule has 2 aromatic rings. The Balaban J connectivity index is 1.69. The van der Waals surface area contributed by atoms with Gasteiger partial charge in [-0.15, -0.1) is 0 Å². The minimum Gasteiger partial charge on any atom is -0.497 e. The van der Waals surface area contributed by atoms with Gasteiger partial charge in [-0.25, -0.2) is 0 Å². The van der Waals surface area contributed by atoms with Gasteiger partial charge in [-0.05, 0) is 42.0 Å². The van der Waals surface area contributed by atoms with Crippen molar-refractivity contribution in [2.24, 2.45) is 0 Å². The molecule has 0 unspecified atom stereocenters. The maximum absolute atomic E-state index is 10.7. The van der Waals surface area contributed by atoms with Crippen molar-refractivity contribution in [1.82, 2.24) is 0 Å². The second-order valence-electron chi connectivity index (χ2n) is 5.14. The van der Waals surface area contributed by atoms with E-state index >= 15 is 0 Å². The van der Waals surface area contributed by atoms with Gasteiger partial charge in [0.15, 0.2) is 0 Å². The van der Waals surface area contributed by atoms with Crippen LogP contribution in [0, 0.1) is 10.1 Å². The lowest BCUT2D eigenvalue weighted by Gasteiger charge is -2.10. The number of nitro benzene ring substituents is 1. The molecule has 114 valence electrons. The van der Waals surface area contributed by atoms with Crippen LogP contribution >= 0.6 is 0 Å². The number of non-ortho nitro benzene ring substituents is 1. The fourth-order valence-corrected chi connectivity index (χ4v) is 2.57. The highest BCUT2D eigenvalue weighted by Gasteiger charge is 2.31. The smallest absolute Gasteiger partial charge is 0.269 e. The van der Waals surface area contributed by atoms with Crippen molar-refractivity contribution in [3.8, 4) is 5.75 Å². The normalized spacial score (nSPS) is 20.8. The molecule has 0 saturated carbocycles. The monoisotopic (exact) mass is 301 g/mol. The summed E-state index contributed by atoms with van der Waals surface area (Å²) in [5.41, 5.74) is 2.13. The Kier molecular flexibility index (Phi) is 4.04. The molecule has 2 aromatic carbocycles. The fraction of sp³-hybridized carbons (Fsp3) is 0.250. The van der Waals surface area contributed by atoms with Crippen molar-refractivity contribution in [1.29, 1.82) is 0 Å². The number of hydrogen-bond acceptors (Lipinski definition) is 4. The summed E-state index contributed by atoms with van der Waals surface area (Å²) in [4.78, 5) is 10.3. The minimum atomic E-state index is -0.397. The maximum Gasteiger partial charge on any atom is 0.269 e. The Labute approximate surface area is 127 Å². The van der Waals surface area contributed by atoms with Crippen LogP contribution in [0.25, 0.3) is 0 Å². The maximum atomic E-state index is 10.7. The summed E-state index contributed by atoms with van der Waals surface area (Å²) in [5, 5.41) is 12.8. The largest absolute Gasteiger partial charge is 0.497 e. The van der Waals surface area contributed by atoms with Crippen LogP contribution in [0.4, 0.5) is 5.69 Å². The Morgan fingerprint density at radius 2 is 1.77 bits per heavy atom. The highest BCUT2D eigenvalue weighted by molar-refractivity contribution is 5.34. The van der Waals surface area contributed by atoms with Crippen LogP contribution in [0.1, 0.15) is 23.5 Å². The lowest BCUT2D eigenvalue weighted by molar-refractivity contribution is -0.698. The van der Waals surface area contributed by atoms with E-state index in [1.807, 2.05) is 24.3 Å². The molecule has 0 radical (unpaired) electrons. The summed E-state index contributed by atoms with van der Waals surface area (Å²) in [6.07, 6.45) is -0.126. The standard InChI is InChI=1S/C16H16N2O4/c1-21-14-8-4-12(5-9-14)16-17-10-15(22-16)11-2-6-13(7-3-11)18(19)20/h2-9,15-17H,10H2,1H3/p+1/t15-,16+/m1/s1. The molecule has 0 amide bonds. The van der Waals surface area contributed by atoms with Gasteiger partial charge in [0, 0.05) is 17.7 Å². The SMILES string of the molecule is COc1ccc([C@H]2[NH2+]C[C@H](c3ccc([N+](=O)[O-])cc3)O2)cc1. The molecular weight excluding hydrogens is 284 g/mol. The van der Waals surface area contributed by atoms with Crippen LogP contribution in [-0.2, 0) is 4.74 Å². The lowest BCUT2D eigenvalue weighted by Crippen LogP contribution is -2.82. The molecule has 2 atom stereocenters. The number of nitrogens with zero attached hydrogens (tertiary/aromatic N) is 1. The Hall–Kier alpha value is -2.44. The van der Waals surface area contributed by atoms with Crippen LogP contribution in [0.15, 0.2) is 48.5 Å². The molecule has 0 spiro atoms. The van der Waals surface area contributed by atoms with Gasteiger partial charge in [-0.1, -0.05) is 0 Å². The molecular formula is C16H17N2O4+. The first-order valence-corrected chi connectivity index (χ1v) is 7.04. The summed E-state index contributed by atoms with van der Waals surface area (Å²) in [6.45, 7) is 0.786. The van der Waals surface area contributed by atoms with Crippen molar-refractivity contribution in [2.75, 3.05) is 13.7 Å². The highest BCUT2D eigenvalue weighted by atomic mass is 16.6. The number of benzene rings is 2. The first-order chi connectivity index (χ1) is 10.7. The van der Waals surface area contributed by atoms with E-state index in [-0.39, 0.29) is 18.0 Å². The number of methoxy groups -OCH3 is 1. The van der Waals surface area contributed by atoms with Crippen LogP contribution < -0.4 is 10.1 Å². The van der Waals surface area contributed by atoms with Crippen LogP contribution in [0.3, 0.4) is 0 Å². The Morgan fingerprint density at radius 1 is 1.14 bits per heavy atom. The average molecular weight is 301 g/mol. The molecule has 1 aliphatic heterocycles. The molecule has 1 aliphatic rings. The second kappa shape index (κ2) is 6.13. The Morgan fingerprint density at radius 3 is 2.36 bits per heavy atom. The van der Waals surface area contributed by atoms with Gasteiger partial charge in [0.05, 0.1) is 12.0 Å². The van der Waals surface area contributed by atoms with Crippen molar-refractivity contribution >= 4 is 5.69 Å². The lowest BCUT2D eigenvalue weighted by atomic mass is 10.1. The second-order valence-corrected chi connectivity index (χ2v) is 5.14. The predicted octanol–water partition coefficient (Wildman–Crippen LogP) is 1.94. The topological polar surface area (TPSA) is 78.2 Å². The fourth-order valence-electron chi connectivity index (χ4n) is 2.57.